The minimum atomic E-state index is -0.922. The summed E-state index contributed by atoms with van der Waals surface area (Å²) >= 11 is 0. The Morgan fingerprint density at radius 1 is 1.24 bits per heavy atom. The van der Waals surface area contributed by atoms with Crippen LogP contribution >= 0.6 is 0 Å². The molecule has 21 heavy (non-hydrogen) atoms. The molecule has 0 heterocycles. The van der Waals surface area contributed by atoms with E-state index in [2.05, 4.69) is 6.92 Å². The van der Waals surface area contributed by atoms with Gasteiger partial charge in [-0.1, -0.05) is 53.5 Å². The van der Waals surface area contributed by atoms with Crippen LogP contribution < -0.4 is 0 Å². The van der Waals surface area contributed by atoms with Gasteiger partial charge in [0.05, 0.1) is 6.42 Å². The van der Waals surface area contributed by atoms with Crippen LogP contribution in [0.4, 0.5) is 0 Å². The van der Waals surface area contributed by atoms with E-state index in [1.54, 1.807) is 0 Å². The third kappa shape index (κ3) is 4.99. The summed E-state index contributed by atoms with van der Waals surface area (Å²) < 4.78 is 4.94. The topological polar surface area (TPSA) is 63.6 Å². The van der Waals surface area contributed by atoms with Gasteiger partial charge in [-0.3, -0.25) is 4.79 Å². The molecule has 0 aromatic heterocycles. The third-order valence-corrected chi connectivity index (χ3v) is 4.82. The van der Waals surface area contributed by atoms with Crippen molar-refractivity contribution in [1.29, 1.82) is 0 Å². The van der Waals surface area contributed by atoms with Gasteiger partial charge in [0, 0.05) is 11.0 Å². The SMILES string of the molecule is CCCCC=C(C(=O)O)C(CC(=O)O[SiH3])(C(C)C)C(C)C. The van der Waals surface area contributed by atoms with Gasteiger partial charge in [0.25, 0.3) is 5.97 Å². The number of carbonyl (C=O) groups excluding carboxylic acids is 1. The average molecular weight is 314 g/mol. The van der Waals surface area contributed by atoms with Crippen LogP contribution in [0.15, 0.2) is 11.6 Å². The first-order valence-electron chi connectivity index (χ1n) is 7.74. The fourth-order valence-electron chi connectivity index (χ4n) is 3.03. The standard InChI is InChI=1S/C16H30O4Si/c1-6-7-8-9-13(15(18)19)16(11(2)3,12(4)5)10-14(17)20-21/h9,11-12H,6-8,10H2,1-5,21H3,(H,18,19). The van der Waals surface area contributed by atoms with Crippen molar-refractivity contribution in [3.05, 3.63) is 11.6 Å². The van der Waals surface area contributed by atoms with E-state index in [9.17, 15) is 14.7 Å². The number of carboxylic acids is 1. The highest BCUT2D eigenvalue weighted by Crippen LogP contribution is 2.46. The number of allylic oxidation sites excluding steroid dienone is 1. The second-order valence-electron chi connectivity index (χ2n) is 6.17. The quantitative estimate of drug-likeness (QED) is 0.404. The zero-order chi connectivity index (χ0) is 16.6. The molecule has 0 bridgehead atoms. The molecule has 0 aliphatic carbocycles. The summed E-state index contributed by atoms with van der Waals surface area (Å²) in [7, 11) is 0.337. The average Bonchev–Trinajstić information content (AvgIpc) is 2.40. The first kappa shape index (κ1) is 19.9. The van der Waals surface area contributed by atoms with Crippen LogP contribution in [0.5, 0.6) is 0 Å². The summed E-state index contributed by atoms with van der Waals surface area (Å²) in [6, 6.07) is 0. The highest BCUT2D eigenvalue weighted by atomic mass is 28.2. The molecule has 0 rings (SSSR count). The van der Waals surface area contributed by atoms with E-state index in [1.165, 1.54) is 0 Å². The highest BCUT2D eigenvalue weighted by Gasteiger charge is 2.45. The second kappa shape index (κ2) is 9.03. The van der Waals surface area contributed by atoms with Crippen LogP contribution in [0.3, 0.4) is 0 Å². The Balaban J connectivity index is 5.84. The van der Waals surface area contributed by atoms with Crippen molar-refractivity contribution in [1.82, 2.24) is 0 Å². The first-order chi connectivity index (χ1) is 9.73. The van der Waals surface area contributed by atoms with E-state index in [0.29, 0.717) is 16.1 Å². The molecule has 0 aromatic carbocycles. The van der Waals surface area contributed by atoms with Crippen molar-refractivity contribution in [2.75, 3.05) is 0 Å². The molecule has 0 aromatic rings. The molecule has 0 aliphatic heterocycles. The summed E-state index contributed by atoms with van der Waals surface area (Å²) in [5, 5.41) is 9.68. The molecule has 0 saturated heterocycles. The van der Waals surface area contributed by atoms with Crippen LogP contribution in [0.25, 0.3) is 0 Å². The summed E-state index contributed by atoms with van der Waals surface area (Å²) in [4.78, 5) is 23.7. The Labute approximate surface area is 131 Å². The van der Waals surface area contributed by atoms with Gasteiger partial charge in [-0.2, -0.15) is 0 Å². The van der Waals surface area contributed by atoms with E-state index in [0.717, 1.165) is 19.3 Å². The van der Waals surface area contributed by atoms with Crippen LogP contribution in [0, 0.1) is 17.3 Å². The predicted molar refractivity (Wildman–Crippen MR) is 88.0 cm³/mol. The Morgan fingerprint density at radius 3 is 2.10 bits per heavy atom. The van der Waals surface area contributed by atoms with E-state index < -0.39 is 11.4 Å². The molecule has 5 heteroatoms. The van der Waals surface area contributed by atoms with Crippen molar-refractivity contribution in [3.8, 4) is 0 Å². The lowest BCUT2D eigenvalue weighted by Gasteiger charge is -2.41. The highest BCUT2D eigenvalue weighted by molar-refractivity contribution is 6.05. The van der Waals surface area contributed by atoms with Crippen molar-refractivity contribution in [3.63, 3.8) is 0 Å². The molecular formula is C16H30O4Si. The molecular weight excluding hydrogens is 284 g/mol. The first-order valence-corrected chi connectivity index (χ1v) is 8.56. The number of carbonyl (C=O) groups is 2. The molecule has 0 aliphatic rings. The van der Waals surface area contributed by atoms with Gasteiger partial charge in [-0.05, 0) is 18.3 Å². The maximum atomic E-state index is 11.9. The maximum Gasteiger partial charge on any atom is 0.331 e. The number of hydrogen-bond donors (Lipinski definition) is 1. The number of hydrogen-bond acceptors (Lipinski definition) is 3. The van der Waals surface area contributed by atoms with Crippen molar-refractivity contribution < 1.29 is 19.1 Å². The molecule has 122 valence electrons. The van der Waals surface area contributed by atoms with Crippen LogP contribution in [0.1, 0.15) is 60.3 Å². The molecule has 0 amide bonds. The monoisotopic (exact) mass is 314 g/mol. The van der Waals surface area contributed by atoms with Gasteiger partial charge < -0.3 is 9.53 Å². The summed E-state index contributed by atoms with van der Waals surface area (Å²) in [6.07, 6.45) is 4.65. The van der Waals surface area contributed by atoms with Crippen molar-refractivity contribution >= 4 is 22.4 Å². The normalized spacial score (nSPS) is 13.0. The molecule has 0 fully saturated rings. The van der Waals surface area contributed by atoms with Gasteiger partial charge in [0.15, 0.2) is 0 Å². The lowest BCUT2D eigenvalue weighted by Crippen LogP contribution is -2.40. The molecule has 0 radical (unpaired) electrons. The molecule has 0 atom stereocenters. The van der Waals surface area contributed by atoms with Crippen LogP contribution in [-0.4, -0.2) is 27.5 Å². The lowest BCUT2D eigenvalue weighted by atomic mass is 9.62. The number of rotatable bonds is 9. The maximum absolute atomic E-state index is 11.9. The Bertz CT molecular complexity index is 378. The van der Waals surface area contributed by atoms with Crippen molar-refractivity contribution in [2.45, 2.75) is 60.3 Å². The van der Waals surface area contributed by atoms with Crippen LogP contribution in [-0.2, 0) is 14.0 Å². The largest absolute Gasteiger partial charge is 0.529 e. The number of unbranched alkanes of at least 4 members (excludes halogenated alkanes) is 2. The second-order valence-corrected chi connectivity index (χ2v) is 6.58. The molecule has 0 spiro atoms. The number of carboxylic acid groups (broad SMARTS) is 1. The summed E-state index contributed by atoms with van der Waals surface area (Å²) in [5.74, 6) is -1.13. The molecule has 0 unspecified atom stereocenters. The van der Waals surface area contributed by atoms with Crippen molar-refractivity contribution in [2.24, 2.45) is 17.3 Å². The van der Waals surface area contributed by atoms with E-state index in [-0.39, 0.29) is 24.2 Å². The van der Waals surface area contributed by atoms with E-state index >= 15 is 0 Å². The Kier molecular flexibility index (Phi) is 8.55. The lowest BCUT2D eigenvalue weighted by molar-refractivity contribution is -0.140. The van der Waals surface area contributed by atoms with Crippen LogP contribution in [0.2, 0.25) is 0 Å². The smallest absolute Gasteiger partial charge is 0.331 e. The zero-order valence-corrected chi connectivity index (χ0v) is 16.2. The van der Waals surface area contributed by atoms with Gasteiger partial charge in [0.2, 0.25) is 10.5 Å². The Morgan fingerprint density at radius 2 is 1.76 bits per heavy atom. The molecule has 0 saturated carbocycles. The summed E-state index contributed by atoms with van der Waals surface area (Å²) in [6.45, 7) is 10.0. The summed E-state index contributed by atoms with van der Waals surface area (Å²) in [5.41, 5.74) is -0.311. The third-order valence-electron chi connectivity index (χ3n) is 4.36. The zero-order valence-electron chi connectivity index (χ0n) is 14.2. The molecule has 1 N–H and O–H groups in total. The van der Waals surface area contributed by atoms with Gasteiger partial charge in [-0.15, -0.1) is 0 Å². The van der Waals surface area contributed by atoms with Gasteiger partial charge in [-0.25, -0.2) is 4.79 Å². The minimum absolute atomic E-state index is 0.0437. The van der Waals surface area contributed by atoms with Gasteiger partial charge >= 0.3 is 5.97 Å². The van der Waals surface area contributed by atoms with E-state index in [1.807, 2.05) is 33.8 Å². The minimum Gasteiger partial charge on any atom is -0.529 e. The van der Waals surface area contributed by atoms with Gasteiger partial charge in [0.1, 0.15) is 0 Å². The van der Waals surface area contributed by atoms with E-state index in [4.69, 9.17) is 4.43 Å². The number of aliphatic carboxylic acids is 1. The Hall–Kier alpha value is -1.10. The predicted octanol–water partition coefficient (Wildman–Crippen LogP) is 2.70. The fraction of sp³-hybridized carbons (Fsp3) is 0.750. The fourth-order valence-corrected chi connectivity index (χ4v) is 3.17. The molecule has 4 nitrogen and oxygen atoms in total.